The standard InChI is InChI=1S/C18H14N2O5/c21-17(25-11-5-6-14-15(9-11)24-10-23-14)8-7-16-19-13-4-2-1-3-12(13)18(22)20-16/h1-6,9H,7-8,10H2,(H,19,20,22). The molecule has 4 rings (SSSR count). The smallest absolute Gasteiger partial charge is 0.311 e. The van der Waals surface area contributed by atoms with Crippen molar-refractivity contribution in [3.05, 3.63) is 58.6 Å². The van der Waals surface area contributed by atoms with Gasteiger partial charge in [0.15, 0.2) is 11.5 Å². The number of hydrogen-bond acceptors (Lipinski definition) is 6. The summed E-state index contributed by atoms with van der Waals surface area (Å²) in [5.41, 5.74) is 0.384. The molecule has 7 heteroatoms. The quantitative estimate of drug-likeness (QED) is 0.579. The molecule has 0 atom stereocenters. The van der Waals surface area contributed by atoms with Crippen molar-refractivity contribution in [3.63, 3.8) is 0 Å². The molecule has 0 saturated heterocycles. The van der Waals surface area contributed by atoms with Gasteiger partial charge in [-0.1, -0.05) is 12.1 Å². The lowest BCUT2D eigenvalue weighted by molar-refractivity contribution is -0.134. The number of nitrogens with zero attached hydrogens (tertiary/aromatic N) is 1. The van der Waals surface area contributed by atoms with Crippen LogP contribution in [0.2, 0.25) is 0 Å². The van der Waals surface area contributed by atoms with E-state index in [4.69, 9.17) is 14.2 Å². The lowest BCUT2D eigenvalue weighted by Gasteiger charge is -2.06. The average Bonchev–Trinajstić information content (AvgIpc) is 3.08. The highest BCUT2D eigenvalue weighted by atomic mass is 16.7. The number of benzene rings is 2. The summed E-state index contributed by atoms with van der Waals surface area (Å²) < 4.78 is 15.7. The van der Waals surface area contributed by atoms with Gasteiger partial charge in [0.2, 0.25) is 6.79 Å². The number of para-hydroxylation sites is 1. The monoisotopic (exact) mass is 338 g/mol. The minimum atomic E-state index is -0.422. The third kappa shape index (κ3) is 3.16. The summed E-state index contributed by atoms with van der Waals surface area (Å²) in [5.74, 6) is 1.58. The first-order chi connectivity index (χ1) is 12.2. The minimum Gasteiger partial charge on any atom is -0.454 e. The van der Waals surface area contributed by atoms with Crippen LogP contribution in [0, 0.1) is 0 Å². The van der Waals surface area contributed by atoms with Gasteiger partial charge in [-0.25, -0.2) is 4.98 Å². The van der Waals surface area contributed by atoms with E-state index in [2.05, 4.69) is 9.97 Å². The number of carbonyl (C=O) groups excluding carboxylic acids is 1. The molecule has 1 aliphatic heterocycles. The van der Waals surface area contributed by atoms with E-state index in [1.165, 1.54) is 0 Å². The third-order valence-corrected chi connectivity index (χ3v) is 3.80. The van der Waals surface area contributed by atoms with Crippen LogP contribution in [0.4, 0.5) is 0 Å². The van der Waals surface area contributed by atoms with Gasteiger partial charge in [0, 0.05) is 12.5 Å². The van der Waals surface area contributed by atoms with Gasteiger partial charge in [-0.15, -0.1) is 0 Å². The number of aromatic nitrogens is 2. The van der Waals surface area contributed by atoms with Crippen molar-refractivity contribution in [1.82, 2.24) is 9.97 Å². The molecule has 0 saturated carbocycles. The Balaban J connectivity index is 1.43. The molecular weight excluding hydrogens is 324 g/mol. The number of fused-ring (bicyclic) bond motifs is 2. The summed E-state index contributed by atoms with van der Waals surface area (Å²) in [6.45, 7) is 0.160. The summed E-state index contributed by atoms with van der Waals surface area (Å²) in [6.07, 6.45) is 0.374. The lowest BCUT2D eigenvalue weighted by atomic mass is 10.2. The summed E-state index contributed by atoms with van der Waals surface area (Å²) >= 11 is 0. The van der Waals surface area contributed by atoms with Crippen LogP contribution in [0.25, 0.3) is 10.9 Å². The number of aromatic amines is 1. The molecule has 126 valence electrons. The Morgan fingerprint density at radius 3 is 2.92 bits per heavy atom. The largest absolute Gasteiger partial charge is 0.454 e. The number of nitrogens with one attached hydrogen (secondary N) is 1. The molecule has 2 aromatic carbocycles. The highest BCUT2D eigenvalue weighted by Crippen LogP contribution is 2.35. The zero-order valence-electron chi connectivity index (χ0n) is 13.2. The summed E-state index contributed by atoms with van der Waals surface area (Å²) in [7, 11) is 0. The predicted molar refractivity (Wildman–Crippen MR) is 88.9 cm³/mol. The van der Waals surface area contributed by atoms with Crippen LogP contribution in [-0.4, -0.2) is 22.7 Å². The van der Waals surface area contributed by atoms with Gasteiger partial charge in [0.05, 0.1) is 17.3 Å². The van der Waals surface area contributed by atoms with Crippen molar-refractivity contribution in [3.8, 4) is 17.2 Å². The fraction of sp³-hybridized carbons (Fsp3) is 0.167. The second-order valence-corrected chi connectivity index (χ2v) is 5.52. The van der Waals surface area contributed by atoms with Gasteiger partial charge < -0.3 is 19.2 Å². The average molecular weight is 338 g/mol. The van der Waals surface area contributed by atoms with E-state index in [9.17, 15) is 9.59 Å². The summed E-state index contributed by atoms with van der Waals surface area (Å²) in [4.78, 5) is 31.1. The zero-order valence-corrected chi connectivity index (χ0v) is 13.2. The van der Waals surface area contributed by atoms with Crippen LogP contribution < -0.4 is 19.8 Å². The summed E-state index contributed by atoms with van der Waals surface area (Å²) in [5, 5.41) is 0.522. The van der Waals surface area contributed by atoms with E-state index >= 15 is 0 Å². The van der Waals surface area contributed by atoms with Gasteiger partial charge in [-0.05, 0) is 24.3 Å². The molecule has 7 nitrogen and oxygen atoms in total. The Kier molecular flexibility index (Phi) is 3.81. The molecule has 0 spiro atoms. The normalized spacial score (nSPS) is 12.3. The first kappa shape index (κ1) is 15.2. The Labute approximate surface area is 142 Å². The van der Waals surface area contributed by atoms with Crippen LogP contribution in [0.1, 0.15) is 12.2 Å². The number of rotatable bonds is 4. The molecule has 0 radical (unpaired) electrons. The van der Waals surface area contributed by atoms with Crippen LogP contribution in [0.15, 0.2) is 47.3 Å². The lowest BCUT2D eigenvalue weighted by Crippen LogP contribution is -2.15. The molecule has 1 N–H and O–H groups in total. The third-order valence-electron chi connectivity index (χ3n) is 3.80. The fourth-order valence-corrected chi connectivity index (χ4v) is 2.60. The van der Waals surface area contributed by atoms with Crippen molar-refractivity contribution >= 4 is 16.9 Å². The van der Waals surface area contributed by atoms with E-state index in [0.29, 0.717) is 34.0 Å². The van der Waals surface area contributed by atoms with Crippen LogP contribution in [0.3, 0.4) is 0 Å². The highest BCUT2D eigenvalue weighted by molar-refractivity contribution is 5.77. The molecule has 0 fully saturated rings. The van der Waals surface area contributed by atoms with E-state index in [1.807, 2.05) is 6.07 Å². The van der Waals surface area contributed by atoms with Gasteiger partial charge in [0.25, 0.3) is 5.56 Å². The molecular formula is C18H14N2O5. The molecule has 1 aliphatic rings. The number of carbonyl (C=O) groups is 1. The molecule has 2 heterocycles. The highest BCUT2D eigenvalue weighted by Gasteiger charge is 2.15. The maximum atomic E-state index is 12.0. The SMILES string of the molecule is O=C(CCc1nc2ccccc2c(=O)[nH]1)Oc1ccc2c(c1)OCO2. The maximum absolute atomic E-state index is 12.0. The Hall–Kier alpha value is -3.35. The van der Waals surface area contributed by atoms with E-state index in [0.717, 1.165) is 0 Å². The van der Waals surface area contributed by atoms with E-state index in [-0.39, 0.29) is 25.2 Å². The topological polar surface area (TPSA) is 90.5 Å². The molecule has 0 unspecified atom stereocenters. The fourth-order valence-electron chi connectivity index (χ4n) is 2.60. The second kappa shape index (κ2) is 6.27. The van der Waals surface area contributed by atoms with Crippen LogP contribution in [0.5, 0.6) is 17.2 Å². The van der Waals surface area contributed by atoms with E-state index < -0.39 is 5.97 Å². The van der Waals surface area contributed by atoms with E-state index in [1.54, 1.807) is 36.4 Å². The number of H-pyrrole nitrogens is 1. The van der Waals surface area contributed by atoms with Crippen molar-refractivity contribution in [1.29, 1.82) is 0 Å². The molecule has 0 aliphatic carbocycles. The van der Waals surface area contributed by atoms with Crippen LogP contribution in [-0.2, 0) is 11.2 Å². The van der Waals surface area contributed by atoms with Crippen molar-refractivity contribution in [2.24, 2.45) is 0 Å². The first-order valence-corrected chi connectivity index (χ1v) is 7.77. The summed E-state index contributed by atoms with van der Waals surface area (Å²) in [6, 6.07) is 12.0. The van der Waals surface area contributed by atoms with Gasteiger partial charge >= 0.3 is 5.97 Å². The number of ether oxygens (including phenoxy) is 3. The van der Waals surface area contributed by atoms with Crippen molar-refractivity contribution in [2.75, 3.05) is 6.79 Å². The van der Waals surface area contributed by atoms with Gasteiger partial charge in [0.1, 0.15) is 11.6 Å². The first-order valence-electron chi connectivity index (χ1n) is 7.77. The minimum absolute atomic E-state index is 0.0930. The molecule has 1 aromatic heterocycles. The van der Waals surface area contributed by atoms with Gasteiger partial charge in [-0.2, -0.15) is 0 Å². The van der Waals surface area contributed by atoms with Crippen LogP contribution >= 0.6 is 0 Å². The zero-order chi connectivity index (χ0) is 17.2. The number of aryl methyl sites for hydroxylation is 1. The van der Waals surface area contributed by atoms with Crippen molar-refractivity contribution in [2.45, 2.75) is 12.8 Å². The number of hydrogen-bond donors (Lipinski definition) is 1. The maximum Gasteiger partial charge on any atom is 0.311 e. The molecule has 3 aromatic rings. The Bertz CT molecular complexity index is 1010. The molecule has 25 heavy (non-hydrogen) atoms. The Morgan fingerprint density at radius 2 is 2.00 bits per heavy atom. The number of esters is 1. The molecule has 0 bridgehead atoms. The Morgan fingerprint density at radius 1 is 1.16 bits per heavy atom. The van der Waals surface area contributed by atoms with Gasteiger partial charge in [-0.3, -0.25) is 9.59 Å². The predicted octanol–water partition coefficient (Wildman–Crippen LogP) is 2.19. The second-order valence-electron chi connectivity index (χ2n) is 5.52. The van der Waals surface area contributed by atoms with Crippen molar-refractivity contribution < 1.29 is 19.0 Å². The molecule has 0 amide bonds.